The van der Waals surface area contributed by atoms with Gasteiger partial charge in [-0.05, 0) is 37.1 Å². The van der Waals surface area contributed by atoms with E-state index in [4.69, 9.17) is 10.5 Å². The summed E-state index contributed by atoms with van der Waals surface area (Å²) in [5.41, 5.74) is 5.09. The molecule has 1 spiro atoms. The number of halogens is 2. The van der Waals surface area contributed by atoms with E-state index in [0.29, 0.717) is 45.5 Å². The van der Waals surface area contributed by atoms with Crippen LogP contribution in [0.3, 0.4) is 0 Å². The van der Waals surface area contributed by atoms with Crippen LogP contribution in [0.25, 0.3) is 0 Å². The van der Waals surface area contributed by atoms with Crippen molar-refractivity contribution in [1.82, 2.24) is 4.31 Å². The second-order valence-corrected chi connectivity index (χ2v) is 8.43. The lowest BCUT2D eigenvalue weighted by Crippen LogP contribution is -2.62. The molecule has 2 aliphatic rings. The number of nitrogens with two attached hydrogens (primary N) is 1. The largest absolute Gasteiger partial charge is 0.392 e. The van der Waals surface area contributed by atoms with Gasteiger partial charge in [0.1, 0.15) is 5.82 Å². The number of aliphatic hydroxyl groups is 1. The third-order valence-electron chi connectivity index (χ3n) is 5.28. The van der Waals surface area contributed by atoms with Crippen molar-refractivity contribution in [3.8, 4) is 0 Å². The summed E-state index contributed by atoms with van der Waals surface area (Å²) in [6, 6.07) is 4.84. The number of rotatable bonds is 5. The summed E-state index contributed by atoms with van der Waals surface area (Å²) in [6.45, 7) is 1.50. The summed E-state index contributed by atoms with van der Waals surface area (Å²) in [5.74, 6) is -0.468. The lowest BCUT2D eigenvalue weighted by molar-refractivity contribution is -0.206. The smallest absolute Gasteiger partial charge is 0.243 e. The Hall–Kier alpha value is -0.770. The van der Waals surface area contributed by atoms with Crippen LogP contribution in [0, 0.1) is 11.2 Å². The standard InChI is InChI=1S/C16H23FN2O4S.ClH/c17-12-1-3-13(4-2-12)24(21,22)19-8-5-16(6-9-19)14(20)11-15(16)23-10-7-18;/h1-4,14-15,20H,5-11,18H2;1H/t14-,15+;/m1./s1. The monoisotopic (exact) mass is 394 g/mol. The number of nitrogens with zero attached hydrogens (tertiary/aromatic N) is 1. The van der Waals surface area contributed by atoms with Crippen LogP contribution in [0.15, 0.2) is 29.2 Å². The number of sulfonamides is 1. The SMILES string of the molecule is Cl.NCCO[C@H]1C[C@@H](O)C12CCN(S(=O)(=O)c1ccc(F)cc1)CC2. The van der Waals surface area contributed by atoms with E-state index in [1.165, 1.54) is 16.4 Å². The Bertz CT molecular complexity index is 678. The first kappa shape index (κ1) is 20.5. The molecule has 1 saturated carbocycles. The maximum atomic E-state index is 13.0. The minimum absolute atomic E-state index is 0. The lowest BCUT2D eigenvalue weighted by Gasteiger charge is -2.56. The molecule has 0 radical (unpaired) electrons. The average molecular weight is 395 g/mol. The minimum Gasteiger partial charge on any atom is -0.392 e. The fourth-order valence-electron chi connectivity index (χ4n) is 3.72. The van der Waals surface area contributed by atoms with Gasteiger partial charge in [-0.25, -0.2) is 12.8 Å². The molecule has 6 nitrogen and oxygen atoms in total. The molecule has 1 aliphatic heterocycles. The number of benzene rings is 1. The van der Waals surface area contributed by atoms with E-state index in [9.17, 15) is 17.9 Å². The van der Waals surface area contributed by atoms with Gasteiger partial charge in [0.2, 0.25) is 10.0 Å². The molecule has 1 aromatic rings. The number of hydrogen-bond acceptors (Lipinski definition) is 5. The lowest BCUT2D eigenvalue weighted by atomic mass is 9.58. The molecule has 0 amide bonds. The van der Waals surface area contributed by atoms with E-state index < -0.39 is 21.9 Å². The minimum atomic E-state index is -3.64. The molecular weight excluding hydrogens is 371 g/mol. The highest BCUT2D eigenvalue weighted by Crippen LogP contribution is 2.51. The van der Waals surface area contributed by atoms with E-state index >= 15 is 0 Å². The zero-order chi connectivity index (χ0) is 17.4. The summed E-state index contributed by atoms with van der Waals surface area (Å²) in [4.78, 5) is 0.0879. The van der Waals surface area contributed by atoms with E-state index in [0.717, 1.165) is 12.1 Å². The average Bonchev–Trinajstić information content (AvgIpc) is 2.59. The molecule has 2 fully saturated rings. The molecule has 9 heteroatoms. The zero-order valence-electron chi connectivity index (χ0n) is 13.8. The van der Waals surface area contributed by atoms with Crippen LogP contribution in [0.5, 0.6) is 0 Å². The van der Waals surface area contributed by atoms with Crippen LogP contribution in [0.1, 0.15) is 19.3 Å². The Balaban J connectivity index is 0.00000225. The molecule has 0 bridgehead atoms. The summed E-state index contributed by atoms with van der Waals surface area (Å²) < 4.78 is 45.4. The van der Waals surface area contributed by atoms with Gasteiger partial charge >= 0.3 is 0 Å². The second-order valence-electron chi connectivity index (χ2n) is 6.49. The first-order valence-corrected chi connectivity index (χ1v) is 9.59. The van der Waals surface area contributed by atoms with Gasteiger partial charge in [-0.1, -0.05) is 0 Å². The molecule has 142 valence electrons. The van der Waals surface area contributed by atoms with Gasteiger partial charge in [0.15, 0.2) is 0 Å². The van der Waals surface area contributed by atoms with E-state index in [1.807, 2.05) is 0 Å². The van der Waals surface area contributed by atoms with Crippen molar-refractivity contribution < 1.29 is 22.7 Å². The van der Waals surface area contributed by atoms with E-state index in [2.05, 4.69) is 0 Å². The highest BCUT2D eigenvalue weighted by atomic mass is 35.5. The molecule has 0 unspecified atom stereocenters. The predicted molar refractivity (Wildman–Crippen MR) is 93.5 cm³/mol. The Morgan fingerprint density at radius 2 is 1.88 bits per heavy atom. The fourth-order valence-corrected chi connectivity index (χ4v) is 5.17. The molecular formula is C16H24ClFN2O4S. The third kappa shape index (κ3) is 3.70. The molecule has 2 atom stereocenters. The fraction of sp³-hybridized carbons (Fsp3) is 0.625. The molecule has 1 heterocycles. The van der Waals surface area contributed by atoms with Gasteiger partial charge in [-0.3, -0.25) is 0 Å². The Kier molecular flexibility index (Phi) is 6.45. The Morgan fingerprint density at radius 3 is 2.40 bits per heavy atom. The first-order valence-electron chi connectivity index (χ1n) is 8.15. The molecule has 3 N–H and O–H groups in total. The molecule has 1 aromatic carbocycles. The number of hydrogen-bond donors (Lipinski definition) is 2. The van der Waals surface area contributed by atoms with Crippen LogP contribution < -0.4 is 5.73 Å². The van der Waals surface area contributed by atoms with E-state index in [-0.39, 0.29) is 28.8 Å². The molecule has 3 rings (SSSR count). The highest BCUT2D eigenvalue weighted by molar-refractivity contribution is 7.89. The van der Waals surface area contributed by atoms with Gasteiger partial charge in [0.05, 0.1) is 23.7 Å². The molecule has 0 aromatic heterocycles. The van der Waals surface area contributed by atoms with Crippen molar-refractivity contribution in [2.24, 2.45) is 11.1 Å². The summed E-state index contributed by atoms with van der Waals surface area (Å²) in [5, 5.41) is 10.2. The third-order valence-corrected chi connectivity index (χ3v) is 7.20. The van der Waals surface area contributed by atoms with Crippen LogP contribution in [0.4, 0.5) is 4.39 Å². The van der Waals surface area contributed by atoms with Crippen LogP contribution in [0.2, 0.25) is 0 Å². The summed E-state index contributed by atoms with van der Waals surface area (Å²) >= 11 is 0. The molecule has 1 aliphatic carbocycles. The Morgan fingerprint density at radius 1 is 1.28 bits per heavy atom. The first-order chi connectivity index (χ1) is 11.4. The highest BCUT2D eigenvalue weighted by Gasteiger charge is 2.56. The summed E-state index contributed by atoms with van der Waals surface area (Å²) in [7, 11) is -3.64. The van der Waals surface area contributed by atoms with Gasteiger partial charge in [0.25, 0.3) is 0 Å². The van der Waals surface area contributed by atoms with Crippen molar-refractivity contribution in [1.29, 1.82) is 0 Å². The van der Waals surface area contributed by atoms with Crippen LogP contribution >= 0.6 is 12.4 Å². The van der Waals surface area contributed by atoms with Crippen LogP contribution in [-0.4, -0.2) is 56.3 Å². The van der Waals surface area contributed by atoms with Gasteiger partial charge < -0.3 is 15.6 Å². The Labute approximate surface area is 153 Å². The summed E-state index contributed by atoms with van der Waals surface area (Å²) in [6.07, 6.45) is 1.14. The van der Waals surface area contributed by atoms with Crippen molar-refractivity contribution in [2.45, 2.75) is 36.4 Å². The number of piperidine rings is 1. The van der Waals surface area contributed by atoms with Crippen molar-refractivity contribution in [3.05, 3.63) is 30.1 Å². The maximum Gasteiger partial charge on any atom is 0.243 e. The quantitative estimate of drug-likeness (QED) is 0.780. The van der Waals surface area contributed by atoms with Gasteiger partial charge in [-0.15, -0.1) is 12.4 Å². The number of aliphatic hydroxyl groups excluding tert-OH is 1. The zero-order valence-corrected chi connectivity index (χ0v) is 15.4. The molecule has 1 saturated heterocycles. The van der Waals surface area contributed by atoms with Crippen molar-refractivity contribution in [2.75, 3.05) is 26.2 Å². The van der Waals surface area contributed by atoms with E-state index in [1.54, 1.807) is 0 Å². The second kappa shape index (κ2) is 7.85. The predicted octanol–water partition coefficient (Wildman–Crippen LogP) is 1.13. The molecule has 25 heavy (non-hydrogen) atoms. The van der Waals surface area contributed by atoms with Crippen molar-refractivity contribution >= 4 is 22.4 Å². The number of ether oxygens (including phenoxy) is 1. The van der Waals surface area contributed by atoms with Crippen molar-refractivity contribution in [3.63, 3.8) is 0 Å². The normalized spacial score (nSPS) is 26.0. The maximum absolute atomic E-state index is 13.0. The van der Waals surface area contributed by atoms with Gasteiger partial charge in [0, 0.05) is 31.5 Å². The topological polar surface area (TPSA) is 92.9 Å². The van der Waals surface area contributed by atoms with Crippen LogP contribution in [-0.2, 0) is 14.8 Å². The van der Waals surface area contributed by atoms with Gasteiger partial charge in [-0.2, -0.15) is 4.31 Å².